The van der Waals surface area contributed by atoms with Crippen LogP contribution in [0.2, 0.25) is 0 Å². The molecule has 40 heavy (non-hydrogen) atoms. The van der Waals surface area contributed by atoms with Crippen LogP contribution in [-0.4, -0.2) is 41.5 Å². The minimum atomic E-state index is -1.78. The van der Waals surface area contributed by atoms with Crippen molar-refractivity contribution < 1.29 is 24.5 Å². The molecule has 2 aliphatic rings. The number of rotatable bonds is 9. The quantitative estimate of drug-likeness (QED) is 0.389. The molecule has 0 spiro atoms. The SMILES string of the molecule is COc1ccc2c(c1)[C@@](O)([C@H](C)/C=C/CCO)C(=O)N2Cc1ccc(N2N=C(c3ccccc3)CCC2=O)cc1. The first-order valence-corrected chi connectivity index (χ1v) is 13.4. The van der Waals surface area contributed by atoms with Crippen molar-refractivity contribution >= 4 is 28.9 Å². The lowest BCUT2D eigenvalue weighted by atomic mass is 9.83. The molecular formula is C32H33N3O5. The van der Waals surface area contributed by atoms with Gasteiger partial charge in [0.05, 0.1) is 30.7 Å². The third kappa shape index (κ3) is 5.03. The molecule has 3 aromatic rings. The molecule has 3 aromatic carbocycles. The van der Waals surface area contributed by atoms with E-state index in [4.69, 9.17) is 9.84 Å². The maximum absolute atomic E-state index is 13.8. The van der Waals surface area contributed by atoms with Crippen molar-refractivity contribution in [3.05, 3.63) is 102 Å². The Labute approximate surface area is 233 Å². The lowest BCUT2D eigenvalue weighted by molar-refractivity contribution is -0.139. The summed E-state index contributed by atoms with van der Waals surface area (Å²) in [6.07, 6.45) is 4.93. The van der Waals surface area contributed by atoms with Crippen molar-refractivity contribution in [1.82, 2.24) is 0 Å². The van der Waals surface area contributed by atoms with E-state index in [9.17, 15) is 14.7 Å². The molecule has 0 saturated heterocycles. The number of hydrazone groups is 1. The van der Waals surface area contributed by atoms with E-state index >= 15 is 0 Å². The third-order valence-electron chi connectivity index (χ3n) is 7.52. The maximum atomic E-state index is 13.8. The van der Waals surface area contributed by atoms with Crippen LogP contribution in [-0.2, 0) is 21.7 Å². The van der Waals surface area contributed by atoms with Crippen LogP contribution in [0.5, 0.6) is 5.75 Å². The summed E-state index contributed by atoms with van der Waals surface area (Å²) in [7, 11) is 1.54. The molecule has 8 nitrogen and oxygen atoms in total. The van der Waals surface area contributed by atoms with Crippen LogP contribution in [0.3, 0.4) is 0 Å². The van der Waals surface area contributed by atoms with Crippen LogP contribution >= 0.6 is 0 Å². The van der Waals surface area contributed by atoms with Gasteiger partial charge in [-0.1, -0.05) is 61.5 Å². The zero-order chi connectivity index (χ0) is 28.3. The van der Waals surface area contributed by atoms with Gasteiger partial charge < -0.3 is 19.8 Å². The number of amides is 2. The molecule has 2 N–H and O–H groups in total. The number of benzene rings is 3. The molecule has 0 unspecified atom stereocenters. The molecule has 0 bridgehead atoms. The lowest BCUT2D eigenvalue weighted by Gasteiger charge is -2.28. The summed E-state index contributed by atoms with van der Waals surface area (Å²) >= 11 is 0. The zero-order valence-corrected chi connectivity index (χ0v) is 22.7. The summed E-state index contributed by atoms with van der Waals surface area (Å²) in [4.78, 5) is 28.1. The van der Waals surface area contributed by atoms with Gasteiger partial charge in [-0.25, -0.2) is 5.01 Å². The summed E-state index contributed by atoms with van der Waals surface area (Å²) < 4.78 is 5.38. The Kier molecular flexibility index (Phi) is 7.82. The molecule has 2 heterocycles. The van der Waals surface area contributed by atoms with E-state index in [-0.39, 0.29) is 19.1 Å². The van der Waals surface area contributed by atoms with E-state index < -0.39 is 17.4 Å². The van der Waals surface area contributed by atoms with Crippen molar-refractivity contribution in [3.8, 4) is 5.75 Å². The Balaban J connectivity index is 1.41. The average Bonchev–Trinajstić information content (AvgIpc) is 3.20. The number of hydrogen-bond donors (Lipinski definition) is 2. The number of fused-ring (bicyclic) bond motifs is 1. The minimum absolute atomic E-state index is 0.00989. The van der Waals surface area contributed by atoms with E-state index in [1.807, 2.05) is 54.6 Å². The molecule has 0 aromatic heterocycles. The third-order valence-corrected chi connectivity index (χ3v) is 7.52. The monoisotopic (exact) mass is 539 g/mol. The second-order valence-electron chi connectivity index (χ2n) is 10.1. The maximum Gasteiger partial charge on any atom is 0.264 e. The highest BCUT2D eigenvalue weighted by Gasteiger charge is 2.52. The van der Waals surface area contributed by atoms with Crippen LogP contribution in [0.25, 0.3) is 0 Å². The number of hydrogen-bond acceptors (Lipinski definition) is 6. The standard InChI is InChI=1S/C32H33N3O5/c1-22(8-6-7-19-36)32(39)27-20-26(40-2)15-17-29(27)34(31(32)38)21-23-11-13-25(14-12-23)35-30(37)18-16-28(33-35)24-9-4-3-5-10-24/h3-6,8-15,17,20,22,36,39H,7,16,18-19,21H2,1-2H3/b8-6+/t22-,32+/m1/s1. The highest BCUT2D eigenvalue weighted by molar-refractivity contribution is 6.09. The van der Waals surface area contributed by atoms with Gasteiger partial charge in [-0.15, -0.1) is 0 Å². The Morgan fingerprint density at radius 3 is 2.50 bits per heavy atom. The molecule has 8 heteroatoms. The van der Waals surface area contributed by atoms with Gasteiger partial charge in [-0.3, -0.25) is 9.59 Å². The molecule has 2 amide bonds. The van der Waals surface area contributed by atoms with Crippen molar-refractivity contribution in [3.63, 3.8) is 0 Å². The molecule has 0 aliphatic carbocycles. The summed E-state index contributed by atoms with van der Waals surface area (Å²) in [5.74, 6) is -0.487. The number of nitrogens with zero attached hydrogens (tertiary/aromatic N) is 3. The smallest absolute Gasteiger partial charge is 0.264 e. The minimum Gasteiger partial charge on any atom is -0.497 e. The second kappa shape index (κ2) is 11.5. The van der Waals surface area contributed by atoms with Gasteiger partial charge in [0, 0.05) is 30.9 Å². The first kappa shape index (κ1) is 27.3. The summed E-state index contributed by atoms with van der Waals surface area (Å²) in [6, 6.07) is 22.5. The van der Waals surface area contributed by atoms with Crippen molar-refractivity contribution in [1.29, 1.82) is 0 Å². The highest BCUT2D eigenvalue weighted by atomic mass is 16.5. The Hall–Kier alpha value is -4.27. The van der Waals surface area contributed by atoms with Crippen LogP contribution in [0, 0.1) is 5.92 Å². The summed E-state index contributed by atoms with van der Waals surface area (Å²) in [6.45, 7) is 2.01. The van der Waals surface area contributed by atoms with E-state index in [1.54, 1.807) is 49.3 Å². The second-order valence-corrected chi connectivity index (χ2v) is 10.1. The van der Waals surface area contributed by atoms with Crippen LogP contribution < -0.4 is 14.6 Å². The van der Waals surface area contributed by atoms with Gasteiger partial charge in [-0.2, -0.15) is 5.10 Å². The summed E-state index contributed by atoms with van der Waals surface area (Å²) in [5.41, 5.74) is 2.66. The van der Waals surface area contributed by atoms with E-state index in [0.717, 1.165) is 16.8 Å². The Morgan fingerprint density at radius 2 is 1.80 bits per heavy atom. The van der Waals surface area contributed by atoms with Crippen molar-refractivity contribution in [2.45, 2.75) is 38.3 Å². The van der Waals surface area contributed by atoms with E-state index in [2.05, 4.69) is 5.10 Å². The molecule has 0 fully saturated rings. The fourth-order valence-electron chi connectivity index (χ4n) is 5.24. The number of aliphatic hydroxyl groups is 2. The molecule has 0 radical (unpaired) electrons. The van der Waals surface area contributed by atoms with Crippen molar-refractivity contribution in [2.75, 3.05) is 23.6 Å². The first-order valence-electron chi connectivity index (χ1n) is 13.4. The topological polar surface area (TPSA) is 103 Å². The predicted molar refractivity (Wildman–Crippen MR) is 154 cm³/mol. The number of carbonyl (C=O) groups is 2. The Bertz CT molecular complexity index is 1450. The lowest BCUT2D eigenvalue weighted by Crippen LogP contribution is -2.44. The fourth-order valence-corrected chi connectivity index (χ4v) is 5.24. The predicted octanol–water partition coefficient (Wildman–Crippen LogP) is 4.54. The van der Waals surface area contributed by atoms with Crippen LogP contribution in [0.1, 0.15) is 42.9 Å². The average molecular weight is 540 g/mol. The number of carbonyl (C=O) groups excluding carboxylic acids is 2. The zero-order valence-electron chi connectivity index (χ0n) is 22.7. The van der Waals surface area contributed by atoms with E-state index in [0.29, 0.717) is 42.0 Å². The normalized spacial score (nSPS) is 19.6. The molecule has 2 atom stereocenters. The number of anilines is 2. The number of aliphatic hydroxyl groups excluding tert-OH is 1. The van der Waals surface area contributed by atoms with Gasteiger partial charge in [-0.05, 0) is 47.9 Å². The number of ether oxygens (including phenoxy) is 1. The Morgan fingerprint density at radius 1 is 1.05 bits per heavy atom. The molecular weight excluding hydrogens is 506 g/mol. The van der Waals surface area contributed by atoms with Gasteiger partial charge in [0.1, 0.15) is 5.75 Å². The molecule has 0 saturated carbocycles. The van der Waals surface area contributed by atoms with E-state index in [1.165, 1.54) is 5.01 Å². The first-order chi connectivity index (χ1) is 19.4. The fraction of sp³-hybridized carbons (Fsp3) is 0.281. The largest absolute Gasteiger partial charge is 0.497 e. The number of methoxy groups -OCH3 is 1. The van der Waals surface area contributed by atoms with Crippen molar-refractivity contribution in [2.24, 2.45) is 11.0 Å². The molecule has 2 aliphatic heterocycles. The van der Waals surface area contributed by atoms with Gasteiger partial charge in [0.2, 0.25) is 5.91 Å². The molecule has 206 valence electrons. The van der Waals surface area contributed by atoms with Crippen LogP contribution in [0.4, 0.5) is 11.4 Å². The summed E-state index contributed by atoms with van der Waals surface area (Å²) in [5, 5.41) is 27.0. The highest BCUT2D eigenvalue weighted by Crippen LogP contribution is 2.47. The molecule has 5 rings (SSSR count). The van der Waals surface area contributed by atoms with Crippen LogP contribution in [0.15, 0.2) is 90.0 Å². The van der Waals surface area contributed by atoms with Gasteiger partial charge in [0.25, 0.3) is 5.91 Å². The van der Waals surface area contributed by atoms with Gasteiger partial charge in [0.15, 0.2) is 5.60 Å². The van der Waals surface area contributed by atoms with Gasteiger partial charge >= 0.3 is 0 Å².